The molecule has 0 aliphatic carbocycles. The van der Waals surface area contributed by atoms with E-state index in [1.165, 1.54) is 12.4 Å². The van der Waals surface area contributed by atoms with E-state index < -0.39 is 0 Å². The summed E-state index contributed by atoms with van der Waals surface area (Å²) >= 11 is 2.18. The zero-order valence-electron chi connectivity index (χ0n) is 7.61. The van der Waals surface area contributed by atoms with Crippen molar-refractivity contribution in [2.75, 3.05) is 0 Å². The first-order chi connectivity index (χ1) is 7.25. The monoisotopic (exact) mass is 314 g/mol. The highest BCUT2D eigenvalue weighted by Gasteiger charge is 2.01. The van der Waals surface area contributed by atoms with Gasteiger partial charge in [0.1, 0.15) is 5.75 Å². The average Bonchev–Trinajstić information content (AvgIpc) is 2.25. The molecule has 2 aromatic rings. The standard InChI is InChI=1S/C10H7IN2O2/c11-8-3-1-2-4-9(8)15-7-5-12-10(14)13-6-7/h1-6H,(H,12,13,14). The summed E-state index contributed by atoms with van der Waals surface area (Å²) in [6.07, 6.45) is 2.88. The van der Waals surface area contributed by atoms with Gasteiger partial charge in [0.05, 0.1) is 16.0 Å². The molecule has 0 fully saturated rings. The Balaban J connectivity index is 2.26. The van der Waals surface area contributed by atoms with Gasteiger partial charge in [-0.15, -0.1) is 0 Å². The van der Waals surface area contributed by atoms with Crippen LogP contribution in [0, 0.1) is 3.57 Å². The third-order valence-electron chi connectivity index (χ3n) is 1.71. The number of hydrogen-bond acceptors (Lipinski definition) is 3. The van der Waals surface area contributed by atoms with Crippen LogP contribution in [0.15, 0.2) is 41.5 Å². The van der Waals surface area contributed by atoms with Crippen LogP contribution in [0.2, 0.25) is 0 Å². The summed E-state index contributed by atoms with van der Waals surface area (Å²) < 4.78 is 6.53. The topological polar surface area (TPSA) is 55.0 Å². The van der Waals surface area contributed by atoms with Crippen molar-refractivity contribution in [3.63, 3.8) is 0 Å². The van der Waals surface area contributed by atoms with Crippen molar-refractivity contribution in [3.8, 4) is 11.5 Å². The summed E-state index contributed by atoms with van der Waals surface area (Å²) in [6.45, 7) is 0. The number of H-pyrrole nitrogens is 1. The predicted molar refractivity (Wildman–Crippen MR) is 64.1 cm³/mol. The molecule has 0 spiro atoms. The van der Waals surface area contributed by atoms with E-state index in [0.29, 0.717) is 5.75 Å². The molecule has 0 amide bonds. The van der Waals surface area contributed by atoms with E-state index in [-0.39, 0.29) is 5.69 Å². The minimum Gasteiger partial charge on any atom is -0.453 e. The maximum atomic E-state index is 10.7. The first kappa shape index (κ1) is 10.2. The molecule has 0 aliphatic heterocycles. The zero-order valence-corrected chi connectivity index (χ0v) is 9.76. The highest BCUT2D eigenvalue weighted by atomic mass is 127. The van der Waals surface area contributed by atoms with Gasteiger partial charge in [0.15, 0.2) is 5.75 Å². The number of rotatable bonds is 2. The van der Waals surface area contributed by atoms with Crippen molar-refractivity contribution in [1.82, 2.24) is 9.97 Å². The fourth-order valence-electron chi connectivity index (χ4n) is 1.04. The van der Waals surface area contributed by atoms with E-state index in [9.17, 15) is 4.79 Å². The van der Waals surface area contributed by atoms with E-state index in [1.54, 1.807) is 0 Å². The molecule has 1 aromatic heterocycles. The minimum absolute atomic E-state index is 0.384. The van der Waals surface area contributed by atoms with E-state index in [2.05, 4.69) is 32.6 Å². The second kappa shape index (κ2) is 4.43. The normalized spacial score (nSPS) is 9.93. The van der Waals surface area contributed by atoms with Crippen LogP contribution < -0.4 is 10.4 Å². The second-order valence-corrected chi connectivity index (χ2v) is 3.95. The third-order valence-corrected chi connectivity index (χ3v) is 2.60. The molecule has 1 aromatic carbocycles. The first-order valence-electron chi connectivity index (χ1n) is 4.23. The van der Waals surface area contributed by atoms with E-state index in [4.69, 9.17) is 4.74 Å². The summed E-state index contributed by atoms with van der Waals surface area (Å²) in [5.41, 5.74) is -0.384. The molecule has 0 saturated carbocycles. The second-order valence-electron chi connectivity index (χ2n) is 2.79. The number of halogens is 1. The third kappa shape index (κ3) is 2.56. The van der Waals surface area contributed by atoms with Crippen LogP contribution in [0.25, 0.3) is 0 Å². The van der Waals surface area contributed by atoms with Crippen molar-refractivity contribution in [2.45, 2.75) is 0 Å². The fourth-order valence-corrected chi connectivity index (χ4v) is 1.54. The lowest BCUT2D eigenvalue weighted by atomic mass is 10.3. The Labute approximate surface area is 99.5 Å². The number of aromatic nitrogens is 2. The number of hydrogen-bond donors (Lipinski definition) is 1. The molecule has 0 radical (unpaired) electrons. The van der Waals surface area contributed by atoms with Gasteiger partial charge in [0, 0.05) is 0 Å². The van der Waals surface area contributed by atoms with Crippen molar-refractivity contribution in [3.05, 3.63) is 50.7 Å². The number of benzene rings is 1. The predicted octanol–water partition coefficient (Wildman–Crippen LogP) is 2.17. The maximum absolute atomic E-state index is 10.7. The Kier molecular flexibility index (Phi) is 3.00. The van der Waals surface area contributed by atoms with Gasteiger partial charge >= 0.3 is 5.69 Å². The van der Waals surface area contributed by atoms with Gasteiger partial charge in [-0.25, -0.2) is 4.79 Å². The van der Waals surface area contributed by atoms with Crippen LogP contribution in [-0.2, 0) is 0 Å². The molecule has 76 valence electrons. The lowest BCUT2D eigenvalue weighted by Gasteiger charge is -2.05. The lowest BCUT2D eigenvalue weighted by molar-refractivity contribution is 0.473. The molecule has 0 bridgehead atoms. The molecule has 1 N–H and O–H groups in total. The van der Waals surface area contributed by atoms with E-state index >= 15 is 0 Å². The number of para-hydroxylation sites is 1. The summed E-state index contributed by atoms with van der Waals surface area (Å²) in [4.78, 5) is 16.7. The van der Waals surface area contributed by atoms with E-state index in [1.807, 2.05) is 24.3 Å². The molecule has 2 rings (SSSR count). The van der Waals surface area contributed by atoms with Crippen molar-refractivity contribution >= 4 is 22.6 Å². The van der Waals surface area contributed by atoms with Crippen molar-refractivity contribution in [2.24, 2.45) is 0 Å². The average molecular weight is 314 g/mol. The molecular formula is C10H7IN2O2. The van der Waals surface area contributed by atoms with Crippen LogP contribution in [0.4, 0.5) is 0 Å². The Hall–Kier alpha value is -1.37. The lowest BCUT2D eigenvalue weighted by Crippen LogP contribution is -2.07. The molecule has 1 heterocycles. The van der Waals surface area contributed by atoms with Gasteiger partial charge in [-0.05, 0) is 34.7 Å². The highest BCUT2D eigenvalue weighted by Crippen LogP contribution is 2.24. The summed E-state index contributed by atoms with van der Waals surface area (Å²) in [6, 6.07) is 7.61. The summed E-state index contributed by atoms with van der Waals surface area (Å²) in [5.74, 6) is 1.26. The largest absolute Gasteiger partial charge is 0.453 e. The molecule has 15 heavy (non-hydrogen) atoms. The van der Waals surface area contributed by atoms with Crippen LogP contribution in [0.3, 0.4) is 0 Å². The molecule has 0 unspecified atom stereocenters. The fraction of sp³-hybridized carbons (Fsp3) is 0. The Morgan fingerprint density at radius 2 is 2.13 bits per heavy atom. The Morgan fingerprint density at radius 3 is 2.80 bits per heavy atom. The smallest absolute Gasteiger partial charge is 0.345 e. The SMILES string of the molecule is O=c1ncc(Oc2ccccc2I)c[nH]1. The molecule has 5 heteroatoms. The van der Waals surface area contributed by atoms with Crippen LogP contribution in [-0.4, -0.2) is 9.97 Å². The van der Waals surface area contributed by atoms with E-state index in [0.717, 1.165) is 9.32 Å². The van der Waals surface area contributed by atoms with Crippen LogP contribution >= 0.6 is 22.6 Å². The minimum atomic E-state index is -0.384. The molecule has 4 nitrogen and oxygen atoms in total. The van der Waals surface area contributed by atoms with Crippen molar-refractivity contribution in [1.29, 1.82) is 0 Å². The van der Waals surface area contributed by atoms with Gasteiger partial charge < -0.3 is 9.72 Å². The number of ether oxygens (including phenoxy) is 1. The van der Waals surface area contributed by atoms with Gasteiger partial charge in [0.2, 0.25) is 0 Å². The molecule has 0 atom stereocenters. The molecule has 0 aliphatic rings. The van der Waals surface area contributed by atoms with Crippen LogP contribution in [0.1, 0.15) is 0 Å². The van der Waals surface area contributed by atoms with Gasteiger partial charge in [0.25, 0.3) is 0 Å². The molecule has 0 saturated heterocycles. The number of nitrogens with zero attached hydrogens (tertiary/aromatic N) is 1. The summed E-state index contributed by atoms with van der Waals surface area (Å²) in [7, 11) is 0. The molecular weight excluding hydrogens is 307 g/mol. The van der Waals surface area contributed by atoms with Crippen LogP contribution in [0.5, 0.6) is 11.5 Å². The number of aromatic amines is 1. The Morgan fingerprint density at radius 1 is 1.33 bits per heavy atom. The van der Waals surface area contributed by atoms with Crippen molar-refractivity contribution < 1.29 is 4.74 Å². The zero-order chi connectivity index (χ0) is 10.7. The van der Waals surface area contributed by atoms with Gasteiger partial charge in [-0.3, -0.25) is 0 Å². The quantitative estimate of drug-likeness (QED) is 0.864. The highest BCUT2D eigenvalue weighted by molar-refractivity contribution is 14.1. The Bertz CT molecular complexity index is 504. The maximum Gasteiger partial charge on any atom is 0.345 e. The summed E-state index contributed by atoms with van der Waals surface area (Å²) in [5, 5.41) is 0. The van der Waals surface area contributed by atoms with Gasteiger partial charge in [-0.2, -0.15) is 4.98 Å². The number of nitrogens with one attached hydrogen (secondary N) is 1. The van der Waals surface area contributed by atoms with Gasteiger partial charge in [-0.1, -0.05) is 12.1 Å². The first-order valence-corrected chi connectivity index (χ1v) is 5.31.